The van der Waals surface area contributed by atoms with Crippen LogP contribution in [0.25, 0.3) is 16.5 Å². The molecule has 1 saturated carbocycles. The summed E-state index contributed by atoms with van der Waals surface area (Å²) in [7, 11) is 0. The molecule has 1 aliphatic rings. The summed E-state index contributed by atoms with van der Waals surface area (Å²) in [4.78, 5) is 11.4. The fourth-order valence-corrected chi connectivity index (χ4v) is 4.50. The second-order valence-electron chi connectivity index (χ2n) is 6.98. The summed E-state index contributed by atoms with van der Waals surface area (Å²) < 4.78 is 1.28. The van der Waals surface area contributed by atoms with Gasteiger partial charge >= 0.3 is 29.6 Å². The van der Waals surface area contributed by atoms with Crippen molar-refractivity contribution in [2.45, 2.75) is 42.5 Å². The fraction of sp³-hybridized carbons (Fsp3) is 0.316. The summed E-state index contributed by atoms with van der Waals surface area (Å²) in [5.74, 6) is -0.494. The Morgan fingerprint density at radius 1 is 1.19 bits per heavy atom. The van der Waals surface area contributed by atoms with E-state index in [0.717, 1.165) is 22.8 Å². The van der Waals surface area contributed by atoms with E-state index in [9.17, 15) is 9.90 Å². The molecule has 0 N–H and O–H groups in total. The van der Waals surface area contributed by atoms with Crippen LogP contribution in [0.2, 0.25) is 0 Å². The minimum absolute atomic E-state index is 0. The summed E-state index contributed by atoms with van der Waals surface area (Å²) in [6.45, 7) is 3.21. The predicted molar refractivity (Wildman–Crippen MR) is 103 cm³/mol. The zero-order chi connectivity index (χ0) is 18.5. The fourth-order valence-electron chi connectivity index (χ4n) is 3.04. The Labute approximate surface area is 192 Å². The standard InChI is InChI=1S/C19H18BrN3O2S.Na/c1-19(2,16(24)25)26-18-22-21-17(20)23(18)15-10-9-12(11-7-8-11)13-5-3-4-6-14(13)15;/h3-6,9-11H,7-8H2,1-2H3,(H,24,25);/q;+1/p-1. The van der Waals surface area contributed by atoms with Gasteiger partial charge in [-0.1, -0.05) is 42.1 Å². The van der Waals surface area contributed by atoms with Crippen LogP contribution in [0.5, 0.6) is 0 Å². The van der Waals surface area contributed by atoms with E-state index in [1.54, 1.807) is 13.8 Å². The molecule has 5 nitrogen and oxygen atoms in total. The van der Waals surface area contributed by atoms with Gasteiger partial charge in [-0.25, -0.2) is 0 Å². The van der Waals surface area contributed by atoms with Gasteiger partial charge in [0.15, 0.2) is 5.16 Å². The third-order valence-electron chi connectivity index (χ3n) is 4.62. The van der Waals surface area contributed by atoms with Crippen LogP contribution in [-0.4, -0.2) is 25.5 Å². The van der Waals surface area contributed by atoms with Crippen LogP contribution in [0.1, 0.15) is 38.2 Å². The maximum Gasteiger partial charge on any atom is 1.00 e. The van der Waals surface area contributed by atoms with Gasteiger partial charge in [-0.2, -0.15) is 0 Å². The van der Waals surface area contributed by atoms with Crippen LogP contribution in [0.4, 0.5) is 0 Å². The Kier molecular flexibility index (Phi) is 6.08. The molecule has 1 aliphatic carbocycles. The maximum atomic E-state index is 11.4. The van der Waals surface area contributed by atoms with Crippen LogP contribution < -0.4 is 34.7 Å². The van der Waals surface area contributed by atoms with Gasteiger partial charge in [0.25, 0.3) is 0 Å². The summed E-state index contributed by atoms with van der Waals surface area (Å²) in [6, 6.07) is 12.5. The third kappa shape index (κ3) is 3.98. The number of hydrogen-bond donors (Lipinski definition) is 0. The molecule has 1 aromatic heterocycles. The monoisotopic (exact) mass is 453 g/mol. The molecule has 0 unspecified atom stereocenters. The average Bonchev–Trinajstić information content (AvgIpc) is 3.39. The summed E-state index contributed by atoms with van der Waals surface area (Å²) >= 11 is 4.58. The Balaban J connectivity index is 0.00000210. The van der Waals surface area contributed by atoms with Gasteiger partial charge in [0, 0.05) is 5.39 Å². The number of aromatic nitrogens is 3. The molecule has 134 valence electrons. The van der Waals surface area contributed by atoms with E-state index in [-0.39, 0.29) is 29.6 Å². The molecule has 8 heteroatoms. The van der Waals surface area contributed by atoms with Crippen molar-refractivity contribution in [3.05, 3.63) is 46.7 Å². The van der Waals surface area contributed by atoms with E-state index >= 15 is 0 Å². The molecule has 0 bridgehead atoms. The number of nitrogens with zero attached hydrogens (tertiary/aromatic N) is 3. The molecule has 0 saturated heterocycles. The number of benzene rings is 2. The summed E-state index contributed by atoms with van der Waals surface area (Å²) in [5.41, 5.74) is 2.30. The van der Waals surface area contributed by atoms with Crippen molar-refractivity contribution in [3.8, 4) is 5.69 Å². The van der Waals surface area contributed by atoms with Crippen molar-refractivity contribution < 1.29 is 39.5 Å². The molecule has 27 heavy (non-hydrogen) atoms. The minimum atomic E-state index is -1.14. The predicted octanol–water partition coefficient (Wildman–Crippen LogP) is 0.685. The zero-order valence-corrected chi connectivity index (χ0v) is 19.8. The molecule has 0 aliphatic heterocycles. The van der Waals surface area contributed by atoms with Crippen molar-refractivity contribution in [2.24, 2.45) is 0 Å². The summed E-state index contributed by atoms with van der Waals surface area (Å²) in [6.07, 6.45) is 2.47. The van der Waals surface area contributed by atoms with Gasteiger partial charge in [0.1, 0.15) is 0 Å². The van der Waals surface area contributed by atoms with E-state index in [4.69, 9.17) is 0 Å². The number of carbonyl (C=O) groups excluding carboxylic acids is 1. The average molecular weight is 454 g/mol. The zero-order valence-electron chi connectivity index (χ0n) is 15.4. The van der Waals surface area contributed by atoms with Gasteiger partial charge in [0.05, 0.1) is 16.4 Å². The molecule has 1 heterocycles. The number of rotatable bonds is 5. The number of aliphatic carboxylic acids is 1. The topological polar surface area (TPSA) is 70.8 Å². The molecule has 0 spiro atoms. The van der Waals surface area contributed by atoms with Gasteiger partial charge in [-0.3, -0.25) is 4.57 Å². The van der Waals surface area contributed by atoms with Gasteiger partial charge in [0.2, 0.25) is 4.73 Å². The number of carbonyl (C=O) groups is 1. The Hall–Kier alpha value is -0.860. The van der Waals surface area contributed by atoms with E-state index in [1.807, 2.05) is 16.7 Å². The number of halogens is 1. The number of fused-ring (bicyclic) bond motifs is 1. The molecule has 0 radical (unpaired) electrons. The molecular weight excluding hydrogens is 437 g/mol. The third-order valence-corrected chi connectivity index (χ3v) is 6.26. The normalized spacial score (nSPS) is 14.2. The minimum Gasteiger partial charge on any atom is -0.549 e. The van der Waals surface area contributed by atoms with Gasteiger partial charge < -0.3 is 9.90 Å². The number of thioether (sulfide) groups is 1. The first-order valence-electron chi connectivity index (χ1n) is 8.42. The van der Waals surface area contributed by atoms with E-state index in [2.05, 4.69) is 50.4 Å². The van der Waals surface area contributed by atoms with Crippen LogP contribution in [0.3, 0.4) is 0 Å². The molecule has 3 aromatic rings. The SMILES string of the molecule is CC(C)(Sc1nnc(Br)n1-c1ccc(C2CC2)c2ccccc12)C(=O)[O-].[Na+]. The smallest absolute Gasteiger partial charge is 0.549 e. The molecule has 2 aromatic carbocycles. The van der Waals surface area contributed by atoms with Crippen LogP contribution >= 0.6 is 27.7 Å². The maximum absolute atomic E-state index is 11.4. The van der Waals surface area contributed by atoms with E-state index in [1.165, 1.54) is 23.8 Å². The van der Waals surface area contributed by atoms with Crippen molar-refractivity contribution in [2.75, 3.05) is 0 Å². The van der Waals surface area contributed by atoms with Crippen molar-refractivity contribution in [1.82, 2.24) is 14.8 Å². The first-order valence-corrected chi connectivity index (χ1v) is 10.0. The van der Waals surface area contributed by atoms with E-state index < -0.39 is 10.7 Å². The Bertz CT molecular complexity index is 1020. The van der Waals surface area contributed by atoms with Crippen molar-refractivity contribution in [3.63, 3.8) is 0 Å². The molecule has 1 fully saturated rings. The quantitative estimate of drug-likeness (QED) is 0.419. The van der Waals surface area contributed by atoms with Crippen molar-refractivity contribution in [1.29, 1.82) is 0 Å². The van der Waals surface area contributed by atoms with Crippen molar-refractivity contribution >= 4 is 44.4 Å². The molecule has 0 atom stereocenters. The largest absolute Gasteiger partial charge is 1.00 e. The Morgan fingerprint density at radius 3 is 2.48 bits per heavy atom. The Morgan fingerprint density at radius 2 is 1.85 bits per heavy atom. The van der Waals surface area contributed by atoms with Crippen LogP contribution in [0, 0.1) is 0 Å². The first kappa shape index (κ1) is 20.9. The molecule has 0 amide bonds. The van der Waals surface area contributed by atoms with Crippen LogP contribution in [0.15, 0.2) is 46.3 Å². The molecular formula is C19H17BrN3NaO2S. The summed E-state index contributed by atoms with van der Waals surface area (Å²) in [5, 5.41) is 22.5. The number of carboxylic acid groups (broad SMARTS) is 1. The first-order chi connectivity index (χ1) is 12.4. The van der Waals surface area contributed by atoms with Gasteiger partial charge in [-0.05, 0) is 65.6 Å². The number of carboxylic acids is 1. The van der Waals surface area contributed by atoms with Gasteiger partial charge in [-0.15, -0.1) is 10.2 Å². The second kappa shape index (κ2) is 7.87. The number of hydrogen-bond acceptors (Lipinski definition) is 5. The van der Waals surface area contributed by atoms with Crippen LogP contribution in [-0.2, 0) is 4.79 Å². The second-order valence-corrected chi connectivity index (χ2v) is 9.28. The van der Waals surface area contributed by atoms with E-state index in [0.29, 0.717) is 15.8 Å². The molecule has 4 rings (SSSR count).